The summed E-state index contributed by atoms with van der Waals surface area (Å²) in [6, 6.07) is 17.4. The first-order valence-electron chi connectivity index (χ1n) is 12.3. The molecular formula is C26H31N5O3S. The van der Waals surface area contributed by atoms with E-state index in [1.807, 2.05) is 0 Å². The van der Waals surface area contributed by atoms with Crippen molar-refractivity contribution in [2.24, 2.45) is 7.05 Å². The molecule has 2 atom stereocenters. The lowest BCUT2D eigenvalue weighted by Gasteiger charge is -2.46. The first kappa shape index (κ1) is 22.6. The number of benzene rings is 2. The highest BCUT2D eigenvalue weighted by molar-refractivity contribution is 7.89. The van der Waals surface area contributed by atoms with Crippen LogP contribution in [0.1, 0.15) is 23.5 Å². The van der Waals surface area contributed by atoms with E-state index in [4.69, 9.17) is 4.74 Å². The van der Waals surface area contributed by atoms with Gasteiger partial charge in [0, 0.05) is 43.5 Å². The number of hydrogen-bond acceptors (Lipinski definition) is 6. The lowest BCUT2D eigenvalue weighted by atomic mass is 9.82. The number of hydrogen-bond donors (Lipinski definition) is 1. The molecule has 184 valence electrons. The van der Waals surface area contributed by atoms with Crippen molar-refractivity contribution in [3.63, 3.8) is 0 Å². The maximum atomic E-state index is 12.6. The number of nitrogens with one attached hydrogen (secondary N) is 1. The van der Waals surface area contributed by atoms with Crippen molar-refractivity contribution in [1.29, 1.82) is 0 Å². The Morgan fingerprint density at radius 2 is 1.91 bits per heavy atom. The Hall–Kier alpha value is -2.88. The van der Waals surface area contributed by atoms with Crippen LogP contribution < -0.4 is 14.4 Å². The van der Waals surface area contributed by atoms with Crippen LogP contribution in [-0.4, -0.2) is 67.7 Å². The molecule has 4 heterocycles. The Bertz CT molecular complexity index is 1300. The van der Waals surface area contributed by atoms with Crippen LogP contribution in [0.2, 0.25) is 0 Å². The standard InChI is InChI=1S/C26H31N5O3S/c1-29-16-26(27-18-29)35(32,33)28-20-14-31(15-20)21-8-9-25-23(13-21)22(12-19-6-3-2-4-7-19)24(17-34-25)30-10-5-11-30/h2-4,6-9,13,16,18,20,22,24,28H,5,10-12,14-15,17H2,1H3/t22-,24+/m1/s1. The van der Waals surface area contributed by atoms with Gasteiger partial charge in [-0.15, -0.1) is 0 Å². The van der Waals surface area contributed by atoms with Gasteiger partial charge < -0.3 is 14.2 Å². The highest BCUT2D eigenvalue weighted by atomic mass is 32.2. The van der Waals surface area contributed by atoms with Crippen molar-refractivity contribution >= 4 is 15.7 Å². The van der Waals surface area contributed by atoms with Gasteiger partial charge in [0.05, 0.1) is 18.4 Å². The van der Waals surface area contributed by atoms with Crippen LogP contribution in [0.4, 0.5) is 5.69 Å². The van der Waals surface area contributed by atoms with E-state index in [1.165, 1.54) is 30.1 Å². The maximum Gasteiger partial charge on any atom is 0.259 e. The number of fused-ring (bicyclic) bond motifs is 1. The maximum absolute atomic E-state index is 12.6. The monoisotopic (exact) mass is 493 g/mol. The molecule has 0 aliphatic carbocycles. The fraction of sp³-hybridized carbons (Fsp3) is 0.423. The van der Waals surface area contributed by atoms with E-state index in [-0.39, 0.29) is 11.1 Å². The number of anilines is 1. The predicted molar refractivity (Wildman–Crippen MR) is 134 cm³/mol. The molecule has 2 fully saturated rings. The molecule has 6 rings (SSSR count). The van der Waals surface area contributed by atoms with Gasteiger partial charge in [-0.1, -0.05) is 30.3 Å². The van der Waals surface area contributed by atoms with Gasteiger partial charge in [-0.25, -0.2) is 18.1 Å². The summed E-state index contributed by atoms with van der Waals surface area (Å²) in [4.78, 5) is 8.75. The van der Waals surface area contributed by atoms with Crippen molar-refractivity contribution in [1.82, 2.24) is 19.2 Å². The van der Waals surface area contributed by atoms with E-state index in [0.717, 1.165) is 37.6 Å². The molecule has 0 spiro atoms. The van der Waals surface area contributed by atoms with Crippen LogP contribution >= 0.6 is 0 Å². The number of ether oxygens (including phenoxy) is 1. The molecule has 0 radical (unpaired) electrons. The summed E-state index contributed by atoms with van der Waals surface area (Å²) in [5.41, 5.74) is 3.71. The van der Waals surface area contributed by atoms with Gasteiger partial charge in [0.1, 0.15) is 12.4 Å². The van der Waals surface area contributed by atoms with Gasteiger partial charge in [-0.3, -0.25) is 4.90 Å². The van der Waals surface area contributed by atoms with E-state index in [9.17, 15) is 8.42 Å². The minimum Gasteiger partial charge on any atom is -0.492 e. The second-order valence-corrected chi connectivity index (χ2v) is 11.5. The molecule has 2 saturated heterocycles. The molecule has 1 aromatic heterocycles. The zero-order valence-corrected chi connectivity index (χ0v) is 20.7. The Morgan fingerprint density at radius 3 is 2.60 bits per heavy atom. The van der Waals surface area contributed by atoms with Crippen molar-refractivity contribution in [2.45, 2.75) is 35.9 Å². The summed E-state index contributed by atoms with van der Waals surface area (Å²) >= 11 is 0. The first-order chi connectivity index (χ1) is 17.0. The molecule has 8 nitrogen and oxygen atoms in total. The Kier molecular flexibility index (Phi) is 5.78. The molecule has 3 aromatic rings. The number of likely N-dealkylation sites (tertiary alicyclic amines) is 1. The summed E-state index contributed by atoms with van der Waals surface area (Å²) in [5.74, 6) is 1.33. The van der Waals surface area contributed by atoms with Crippen LogP contribution in [0, 0.1) is 0 Å². The van der Waals surface area contributed by atoms with Gasteiger partial charge in [0.15, 0.2) is 5.03 Å². The largest absolute Gasteiger partial charge is 0.492 e. The molecule has 0 saturated carbocycles. The molecule has 9 heteroatoms. The third-order valence-corrected chi connectivity index (χ3v) is 8.86. The third kappa shape index (κ3) is 4.44. The lowest BCUT2D eigenvalue weighted by Crippen LogP contribution is -2.59. The fourth-order valence-corrected chi connectivity index (χ4v) is 6.57. The Morgan fingerprint density at radius 1 is 1.11 bits per heavy atom. The minimum absolute atomic E-state index is 0.0603. The molecule has 0 amide bonds. The van der Waals surface area contributed by atoms with Gasteiger partial charge in [0.2, 0.25) is 0 Å². The quantitative estimate of drug-likeness (QED) is 0.545. The van der Waals surface area contributed by atoms with Gasteiger partial charge >= 0.3 is 0 Å². The van der Waals surface area contributed by atoms with Crippen molar-refractivity contribution in [3.8, 4) is 5.75 Å². The first-order valence-corrected chi connectivity index (χ1v) is 13.7. The van der Waals surface area contributed by atoms with Crippen LogP contribution in [0.25, 0.3) is 0 Å². The van der Waals surface area contributed by atoms with Gasteiger partial charge in [-0.2, -0.15) is 0 Å². The van der Waals surface area contributed by atoms with Crippen molar-refractivity contribution in [3.05, 3.63) is 72.2 Å². The van der Waals surface area contributed by atoms with E-state index >= 15 is 0 Å². The average Bonchev–Trinajstić information content (AvgIpc) is 3.24. The number of rotatable bonds is 7. The Labute approximate surface area is 206 Å². The number of aryl methyl sites for hydroxylation is 1. The fourth-order valence-electron chi connectivity index (χ4n) is 5.37. The summed E-state index contributed by atoms with van der Waals surface area (Å²) in [5, 5.41) is 0.0603. The van der Waals surface area contributed by atoms with Crippen molar-refractivity contribution in [2.75, 3.05) is 37.7 Å². The summed E-state index contributed by atoms with van der Waals surface area (Å²) in [7, 11) is -1.85. The van der Waals surface area contributed by atoms with E-state index in [2.05, 4.69) is 68.0 Å². The van der Waals surface area contributed by atoms with Crippen molar-refractivity contribution < 1.29 is 13.2 Å². The zero-order chi connectivity index (χ0) is 24.0. The lowest BCUT2D eigenvalue weighted by molar-refractivity contribution is 0.0502. The predicted octanol–water partition coefficient (Wildman–Crippen LogP) is 2.38. The molecule has 0 unspecified atom stereocenters. The van der Waals surface area contributed by atoms with E-state index in [1.54, 1.807) is 11.6 Å². The molecule has 0 bridgehead atoms. The molecular weight excluding hydrogens is 462 g/mol. The van der Waals surface area contributed by atoms with Crippen LogP contribution in [0.3, 0.4) is 0 Å². The highest BCUT2D eigenvalue weighted by Crippen LogP contribution is 2.41. The highest BCUT2D eigenvalue weighted by Gasteiger charge is 2.38. The van der Waals surface area contributed by atoms with E-state index in [0.29, 0.717) is 25.0 Å². The number of nitrogens with zero attached hydrogens (tertiary/aromatic N) is 4. The minimum atomic E-state index is -3.61. The Balaban J connectivity index is 1.19. The van der Waals surface area contributed by atoms with Gasteiger partial charge in [-0.05, 0) is 49.7 Å². The SMILES string of the molecule is Cn1cnc(S(=O)(=O)NC2CN(c3ccc4c(c3)[C@@H](Cc3ccccc3)[C@@H](N3CCC3)CO4)C2)c1. The second-order valence-electron chi connectivity index (χ2n) is 9.89. The molecule has 35 heavy (non-hydrogen) atoms. The number of imidazole rings is 1. The average molecular weight is 494 g/mol. The zero-order valence-electron chi connectivity index (χ0n) is 19.9. The second kappa shape index (κ2) is 8.96. The normalized spacial score (nSPS) is 22.7. The summed E-state index contributed by atoms with van der Waals surface area (Å²) in [6.07, 6.45) is 5.25. The van der Waals surface area contributed by atoms with Crippen LogP contribution in [0.5, 0.6) is 5.75 Å². The molecule has 3 aliphatic heterocycles. The van der Waals surface area contributed by atoms with Crippen LogP contribution in [0.15, 0.2) is 66.1 Å². The number of aromatic nitrogens is 2. The number of sulfonamides is 1. The smallest absolute Gasteiger partial charge is 0.259 e. The molecule has 1 N–H and O–H groups in total. The summed E-state index contributed by atoms with van der Waals surface area (Å²) < 4.78 is 35.9. The molecule has 3 aliphatic rings. The van der Waals surface area contributed by atoms with Gasteiger partial charge in [0.25, 0.3) is 10.0 Å². The third-order valence-electron chi connectivity index (χ3n) is 7.45. The van der Waals surface area contributed by atoms with Crippen LogP contribution in [-0.2, 0) is 23.5 Å². The van der Waals surface area contributed by atoms with E-state index < -0.39 is 10.0 Å². The summed E-state index contributed by atoms with van der Waals surface area (Å²) in [6.45, 7) is 4.26. The topological polar surface area (TPSA) is 79.7 Å². The molecule has 2 aromatic carbocycles.